The lowest BCUT2D eigenvalue weighted by molar-refractivity contribution is -0.128. The number of likely N-dealkylation sites (N-methyl/N-ethyl adjacent to an activating group) is 1. The van der Waals surface area contributed by atoms with Crippen LogP contribution < -0.4 is 14.8 Å². The van der Waals surface area contributed by atoms with Crippen LogP contribution in [-0.4, -0.2) is 50.2 Å². The highest BCUT2D eigenvalue weighted by molar-refractivity contribution is 5.83. The molecule has 110 valence electrons. The van der Waals surface area contributed by atoms with E-state index in [0.717, 1.165) is 24.5 Å². The van der Waals surface area contributed by atoms with E-state index in [0.29, 0.717) is 19.8 Å². The van der Waals surface area contributed by atoms with Crippen molar-refractivity contribution < 1.29 is 14.3 Å². The van der Waals surface area contributed by atoms with Gasteiger partial charge in [-0.3, -0.25) is 4.79 Å². The molecule has 0 bridgehead atoms. The summed E-state index contributed by atoms with van der Waals surface area (Å²) in [6.07, 6.45) is 0.866. The van der Waals surface area contributed by atoms with Gasteiger partial charge in [0.15, 0.2) is 11.5 Å². The topological polar surface area (TPSA) is 50.8 Å². The number of rotatable bonds is 7. The van der Waals surface area contributed by atoms with Gasteiger partial charge in [-0.1, -0.05) is 12.1 Å². The molecule has 0 aromatic heterocycles. The average Bonchev–Trinajstić information content (AvgIpc) is 2.77. The summed E-state index contributed by atoms with van der Waals surface area (Å²) in [5.41, 5.74) is 0. The molecule has 1 fully saturated rings. The fourth-order valence-corrected chi connectivity index (χ4v) is 2.25. The molecule has 1 saturated heterocycles. The van der Waals surface area contributed by atoms with Gasteiger partial charge in [-0.15, -0.1) is 0 Å². The third-order valence-electron chi connectivity index (χ3n) is 3.33. The number of nitrogens with one attached hydrogen (secondary N) is 1. The Hall–Kier alpha value is -1.75. The number of hydrogen-bond donors (Lipinski definition) is 1. The van der Waals surface area contributed by atoms with E-state index in [4.69, 9.17) is 9.47 Å². The number of nitrogens with zero attached hydrogens (tertiary/aromatic N) is 1. The molecule has 1 aliphatic rings. The number of carbonyl (C=O) groups is 1. The third-order valence-corrected chi connectivity index (χ3v) is 3.33. The SMILES string of the molecule is CCOc1ccccc1OCCNC1CCN(C)C1=O. The van der Waals surface area contributed by atoms with Gasteiger partial charge in [0.25, 0.3) is 0 Å². The molecule has 1 amide bonds. The Balaban J connectivity index is 1.75. The first-order valence-corrected chi connectivity index (χ1v) is 7.05. The van der Waals surface area contributed by atoms with Gasteiger partial charge in [0.2, 0.25) is 5.91 Å². The van der Waals surface area contributed by atoms with Crippen molar-refractivity contribution >= 4 is 5.91 Å². The van der Waals surface area contributed by atoms with Crippen LogP contribution in [-0.2, 0) is 4.79 Å². The van der Waals surface area contributed by atoms with E-state index in [1.165, 1.54) is 0 Å². The normalized spacial score (nSPS) is 18.4. The number of benzene rings is 1. The number of hydrogen-bond acceptors (Lipinski definition) is 4. The van der Waals surface area contributed by atoms with E-state index in [2.05, 4.69) is 5.32 Å². The zero-order chi connectivity index (χ0) is 14.4. The summed E-state index contributed by atoms with van der Waals surface area (Å²) in [6, 6.07) is 7.55. The Morgan fingerprint density at radius 3 is 2.60 bits per heavy atom. The largest absolute Gasteiger partial charge is 0.490 e. The minimum Gasteiger partial charge on any atom is -0.490 e. The quantitative estimate of drug-likeness (QED) is 0.764. The van der Waals surface area contributed by atoms with Gasteiger partial charge in [0.05, 0.1) is 12.6 Å². The number of likely N-dealkylation sites (tertiary alicyclic amines) is 1. The average molecular weight is 278 g/mol. The van der Waals surface area contributed by atoms with Crippen molar-refractivity contribution in [3.8, 4) is 11.5 Å². The maximum Gasteiger partial charge on any atom is 0.239 e. The van der Waals surface area contributed by atoms with Crippen LogP contribution in [0.2, 0.25) is 0 Å². The van der Waals surface area contributed by atoms with E-state index in [1.807, 2.05) is 38.2 Å². The first-order valence-electron chi connectivity index (χ1n) is 7.05. The standard InChI is InChI=1S/C15H22N2O3/c1-3-19-13-6-4-5-7-14(13)20-11-9-16-12-8-10-17(2)15(12)18/h4-7,12,16H,3,8-11H2,1-2H3. The second-order valence-electron chi connectivity index (χ2n) is 4.78. The van der Waals surface area contributed by atoms with Crippen molar-refractivity contribution in [1.82, 2.24) is 10.2 Å². The minimum absolute atomic E-state index is 0.0641. The Bertz CT molecular complexity index is 450. The molecule has 1 aromatic carbocycles. The van der Waals surface area contributed by atoms with Gasteiger partial charge in [-0.25, -0.2) is 0 Å². The van der Waals surface area contributed by atoms with E-state index in [-0.39, 0.29) is 11.9 Å². The lowest BCUT2D eigenvalue weighted by Crippen LogP contribution is -2.38. The molecule has 20 heavy (non-hydrogen) atoms. The van der Waals surface area contributed by atoms with E-state index in [9.17, 15) is 4.79 Å². The van der Waals surface area contributed by atoms with Crippen LogP contribution in [0.1, 0.15) is 13.3 Å². The Morgan fingerprint density at radius 2 is 2.00 bits per heavy atom. The smallest absolute Gasteiger partial charge is 0.239 e. The van der Waals surface area contributed by atoms with E-state index < -0.39 is 0 Å². The summed E-state index contributed by atoms with van der Waals surface area (Å²) in [7, 11) is 1.83. The Labute approximate surface area is 119 Å². The molecule has 1 atom stereocenters. The van der Waals surface area contributed by atoms with Gasteiger partial charge in [-0.2, -0.15) is 0 Å². The summed E-state index contributed by atoms with van der Waals surface area (Å²) in [6.45, 7) is 4.54. The lowest BCUT2D eigenvalue weighted by atomic mass is 10.2. The van der Waals surface area contributed by atoms with Gasteiger partial charge >= 0.3 is 0 Å². The summed E-state index contributed by atoms with van der Waals surface area (Å²) in [4.78, 5) is 13.5. The van der Waals surface area contributed by atoms with Crippen molar-refractivity contribution in [2.45, 2.75) is 19.4 Å². The molecule has 0 saturated carbocycles. The number of para-hydroxylation sites is 2. The zero-order valence-electron chi connectivity index (χ0n) is 12.1. The Morgan fingerprint density at radius 1 is 1.30 bits per heavy atom. The second kappa shape index (κ2) is 7.14. The first kappa shape index (κ1) is 14.7. The molecule has 0 radical (unpaired) electrons. The summed E-state index contributed by atoms with van der Waals surface area (Å²) in [5.74, 6) is 1.66. The van der Waals surface area contributed by atoms with Crippen LogP contribution in [0.3, 0.4) is 0 Å². The van der Waals surface area contributed by atoms with Gasteiger partial charge < -0.3 is 19.7 Å². The monoisotopic (exact) mass is 278 g/mol. The highest BCUT2D eigenvalue weighted by Gasteiger charge is 2.27. The van der Waals surface area contributed by atoms with Crippen molar-refractivity contribution in [3.63, 3.8) is 0 Å². The molecule has 5 nitrogen and oxygen atoms in total. The molecular weight excluding hydrogens is 256 g/mol. The molecule has 0 aliphatic carbocycles. The predicted octanol–water partition coefficient (Wildman–Crippen LogP) is 1.28. The number of amides is 1. The molecule has 1 unspecified atom stereocenters. The fourth-order valence-electron chi connectivity index (χ4n) is 2.25. The summed E-state index contributed by atoms with van der Waals surface area (Å²) in [5, 5.41) is 3.23. The third kappa shape index (κ3) is 3.63. The molecule has 1 N–H and O–H groups in total. The number of carbonyl (C=O) groups excluding carboxylic acids is 1. The molecule has 2 rings (SSSR count). The van der Waals surface area contributed by atoms with Crippen LogP contribution in [0.25, 0.3) is 0 Å². The van der Waals surface area contributed by atoms with Crippen LogP contribution >= 0.6 is 0 Å². The number of ether oxygens (including phenoxy) is 2. The summed E-state index contributed by atoms with van der Waals surface area (Å²) >= 11 is 0. The van der Waals surface area contributed by atoms with Gasteiger partial charge in [0, 0.05) is 20.1 Å². The highest BCUT2D eigenvalue weighted by Crippen LogP contribution is 2.26. The van der Waals surface area contributed by atoms with Crippen LogP contribution in [0.4, 0.5) is 0 Å². The molecule has 5 heteroatoms. The van der Waals surface area contributed by atoms with E-state index in [1.54, 1.807) is 4.90 Å². The molecular formula is C15H22N2O3. The second-order valence-corrected chi connectivity index (χ2v) is 4.78. The Kier molecular flexibility index (Phi) is 5.24. The zero-order valence-corrected chi connectivity index (χ0v) is 12.1. The van der Waals surface area contributed by atoms with Gasteiger partial charge in [-0.05, 0) is 25.5 Å². The molecule has 1 aromatic rings. The van der Waals surface area contributed by atoms with Crippen LogP contribution in [0.15, 0.2) is 24.3 Å². The van der Waals surface area contributed by atoms with Crippen molar-refractivity contribution in [3.05, 3.63) is 24.3 Å². The minimum atomic E-state index is -0.0641. The molecule has 1 aliphatic heterocycles. The van der Waals surface area contributed by atoms with Crippen LogP contribution in [0.5, 0.6) is 11.5 Å². The fraction of sp³-hybridized carbons (Fsp3) is 0.533. The molecule has 1 heterocycles. The van der Waals surface area contributed by atoms with Crippen molar-refractivity contribution in [2.75, 3.05) is 33.4 Å². The lowest BCUT2D eigenvalue weighted by Gasteiger charge is -2.14. The molecule has 0 spiro atoms. The van der Waals surface area contributed by atoms with Crippen LogP contribution in [0, 0.1) is 0 Å². The predicted molar refractivity (Wildman–Crippen MR) is 77.2 cm³/mol. The maximum absolute atomic E-state index is 11.7. The van der Waals surface area contributed by atoms with E-state index >= 15 is 0 Å². The highest BCUT2D eigenvalue weighted by atomic mass is 16.5. The van der Waals surface area contributed by atoms with Crippen molar-refractivity contribution in [1.29, 1.82) is 0 Å². The first-order chi connectivity index (χ1) is 9.72. The van der Waals surface area contributed by atoms with Gasteiger partial charge in [0.1, 0.15) is 6.61 Å². The summed E-state index contributed by atoms with van der Waals surface area (Å²) < 4.78 is 11.2. The maximum atomic E-state index is 11.7. The van der Waals surface area contributed by atoms with Crippen molar-refractivity contribution in [2.24, 2.45) is 0 Å².